The number of likely N-dealkylation sites (N-methyl/N-ethyl adjacent to an activating group) is 1. The van der Waals surface area contributed by atoms with Crippen molar-refractivity contribution in [1.29, 1.82) is 0 Å². The van der Waals surface area contributed by atoms with Gasteiger partial charge in [0.2, 0.25) is 11.8 Å². The van der Waals surface area contributed by atoms with Crippen LogP contribution in [0.4, 0.5) is 0 Å². The van der Waals surface area contributed by atoms with Crippen LogP contribution in [-0.4, -0.2) is 36.5 Å². The van der Waals surface area contributed by atoms with E-state index in [0.717, 1.165) is 19.3 Å². The van der Waals surface area contributed by atoms with E-state index in [0.29, 0.717) is 12.8 Å². The average molecular weight is 256 g/mol. The number of carboxylic acid groups (broad SMARTS) is 1. The molecule has 102 valence electrons. The Morgan fingerprint density at radius 3 is 2.22 bits per heavy atom. The van der Waals surface area contributed by atoms with E-state index in [1.165, 1.54) is 7.05 Å². The van der Waals surface area contributed by atoms with Crippen LogP contribution >= 0.6 is 0 Å². The molecule has 18 heavy (non-hydrogen) atoms. The molecular weight excluding hydrogens is 236 g/mol. The van der Waals surface area contributed by atoms with Gasteiger partial charge in [-0.25, -0.2) is 0 Å². The maximum Gasteiger partial charge on any atom is 0.310 e. The number of carboxylic acids is 1. The van der Waals surface area contributed by atoms with Gasteiger partial charge in [-0.15, -0.1) is 0 Å². The Morgan fingerprint density at radius 2 is 1.72 bits per heavy atom. The summed E-state index contributed by atoms with van der Waals surface area (Å²) in [6.45, 7) is -0.106. The molecule has 0 aromatic rings. The number of aliphatic carboxylic acids is 1. The minimum Gasteiger partial charge on any atom is -0.481 e. The molecule has 6 heteroatoms. The van der Waals surface area contributed by atoms with Crippen molar-refractivity contribution in [2.75, 3.05) is 13.6 Å². The molecule has 0 heterocycles. The Hall–Kier alpha value is -1.59. The van der Waals surface area contributed by atoms with Gasteiger partial charge in [-0.3, -0.25) is 14.4 Å². The van der Waals surface area contributed by atoms with Crippen LogP contribution in [0, 0.1) is 5.41 Å². The van der Waals surface area contributed by atoms with Gasteiger partial charge in [-0.05, 0) is 12.8 Å². The zero-order valence-corrected chi connectivity index (χ0v) is 10.6. The fraction of sp³-hybridized carbons (Fsp3) is 0.750. The molecule has 1 saturated carbocycles. The second-order valence-corrected chi connectivity index (χ2v) is 4.77. The summed E-state index contributed by atoms with van der Waals surface area (Å²) in [4.78, 5) is 34.0. The van der Waals surface area contributed by atoms with Gasteiger partial charge >= 0.3 is 5.97 Å². The summed E-state index contributed by atoms with van der Waals surface area (Å²) >= 11 is 0. The smallest absolute Gasteiger partial charge is 0.310 e. The summed E-state index contributed by atoms with van der Waals surface area (Å²) in [6, 6.07) is 0. The first kappa shape index (κ1) is 14.5. The van der Waals surface area contributed by atoms with Gasteiger partial charge in [0.15, 0.2) is 0 Å². The van der Waals surface area contributed by atoms with Crippen LogP contribution in [0.1, 0.15) is 38.5 Å². The number of amides is 2. The normalized spacial score (nSPS) is 17.8. The highest BCUT2D eigenvalue weighted by molar-refractivity contribution is 5.88. The van der Waals surface area contributed by atoms with E-state index in [1.54, 1.807) is 0 Å². The summed E-state index contributed by atoms with van der Waals surface area (Å²) in [5, 5.41) is 14.1. The van der Waals surface area contributed by atoms with Crippen LogP contribution in [0.3, 0.4) is 0 Å². The fourth-order valence-corrected chi connectivity index (χ4v) is 2.33. The zero-order valence-electron chi connectivity index (χ0n) is 10.6. The molecule has 1 aliphatic rings. The van der Waals surface area contributed by atoms with Gasteiger partial charge in [0.05, 0.1) is 12.0 Å². The van der Waals surface area contributed by atoms with Crippen molar-refractivity contribution < 1.29 is 19.5 Å². The number of rotatable bonds is 5. The van der Waals surface area contributed by atoms with E-state index in [2.05, 4.69) is 10.6 Å². The monoisotopic (exact) mass is 256 g/mol. The molecule has 0 spiro atoms. The lowest BCUT2D eigenvalue weighted by atomic mass is 9.71. The number of hydrogen-bond acceptors (Lipinski definition) is 3. The van der Waals surface area contributed by atoms with E-state index in [4.69, 9.17) is 0 Å². The molecule has 0 saturated heterocycles. The van der Waals surface area contributed by atoms with Crippen molar-refractivity contribution >= 4 is 17.8 Å². The SMILES string of the molecule is CNC(=O)CNC(=O)CC1(C(=O)O)CCCCC1. The van der Waals surface area contributed by atoms with Gasteiger partial charge in [0.1, 0.15) is 0 Å². The average Bonchev–Trinajstić information content (AvgIpc) is 2.36. The van der Waals surface area contributed by atoms with Crippen LogP contribution < -0.4 is 10.6 Å². The first-order valence-electron chi connectivity index (χ1n) is 6.21. The largest absolute Gasteiger partial charge is 0.481 e. The lowest BCUT2D eigenvalue weighted by Crippen LogP contribution is -2.41. The standard InChI is InChI=1S/C12H20N2O4/c1-13-10(16)8-14-9(15)7-12(11(17)18)5-3-2-4-6-12/h2-8H2,1H3,(H,13,16)(H,14,15)(H,17,18). The number of carbonyl (C=O) groups is 3. The van der Waals surface area contributed by atoms with Crippen molar-refractivity contribution in [2.45, 2.75) is 38.5 Å². The third-order valence-corrected chi connectivity index (χ3v) is 3.49. The van der Waals surface area contributed by atoms with Crippen LogP contribution in [0.15, 0.2) is 0 Å². The molecule has 0 bridgehead atoms. The third-order valence-electron chi connectivity index (χ3n) is 3.49. The van der Waals surface area contributed by atoms with Gasteiger partial charge in [-0.1, -0.05) is 19.3 Å². The zero-order chi connectivity index (χ0) is 13.6. The first-order valence-corrected chi connectivity index (χ1v) is 6.21. The lowest BCUT2D eigenvalue weighted by Gasteiger charge is -2.32. The number of carbonyl (C=O) groups excluding carboxylic acids is 2. The molecule has 6 nitrogen and oxygen atoms in total. The highest BCUT2D eigenvalue weighted by Gasteiger charge is 2.41. The van der Waals surface area contributed by atoms with E-state index in [1.807, 2.05) is 0 Å². The van der Waals surface area contributed by atoms with Crippen molar-refractivity contribution in [2.24, 2.45) is 5.41 Å². The van der Waals surface area contributed by atoms with Crippen LogP contribution in [0.5, 0.6) is 0 Å². The molecule has 1 fully saturated rings. The summed E-state index contributed by atoms with van der Waals surface area (Å²) in [5.41, 5.74) is -0.939. The Morgan fingerprint density at radius 1 is 1.11 bits per heavy atom. The highest BCUT2D eigenvalue weighted by atomic mass is 16.4. The van der Waals surface area contributed by atoms with Gasteiger partial charge in [-0.2, -0.15) is 0 Å². The third kappa shape index (κ3) is 3.72. The van der Waals surface area contributed by atoms with Gasteiger partial charge in [0, 0.05) is 13.5 Å². The summed E-state index contributed by atoms with van der Waals surface area (Å²) in [5.74, 6) is -1.57. The molecule has 2 amide bonds. The maximum atomic E-state index is 11.7. The Balaban J connectivity index is 2.53. The van der Waals surface area contributed by atoms with Crippen molar-refractivity contribution in [1.82, 2.24) is 10.6 Å². The predicted molar refractivity (Wildman–Crippen MR) is 64.8 cm³/mol. The van der Waals surface area contributed by atoms with Gasteiger partial charge in [0.25, 0.3) is 0 Å². The van der Waals surface area contributed by atoms with E-state index in [-0.39, 0.29) is 24.8 Å². The Kier molecular flexibility index (Phi) is 5.12. The van der Waals surface area contributed by atoms with Crippen molar-refractivity contribution in [3.63, 3.8) is 0 Å². The summed E-state index contributed by atoms with van der Waals surface area (Å²) in [7, 11) is 1.48. The highest BCUT2D eigenvalue weighted by Crippen LogP contribution is 2.39. The maximum absolute atomic E-state index is 11.7. The second-order valence-electron chi connectivity index (χ2n) is 4.77. The molecule has 1 aliphatic carbocycles. The predicted octanol–water partition coefficient (Wildman–Crippen LogP) is 0.274. The quantitative estimate of drug-likeness (QED) is 0.658. The topological polar surface area (TPSA) is 95.5 Å². The van der Waals surface area contributed by atoms with E-state index >= 15 is 0 Å². The molecular formula is C12H20N2O4. The minimum atomic E-state index is -0.939. The lowest BCUT2D eigenvalue weighted by molar-refractivity contribution is -0.154. The van der Waals surface area contributed by atoms with E-state index < -0.39 is 11.4 Å². The molecule has 0 aromatic heterocycles. The fourth-order valence-electron chi connectivity index (χ4n) is 2.33. The Bertz CT molecular complexity index is 335. The summed E-state index contributed by atoms with van der Waals surface area (Å²) in [6.07, 6.45) is 3.74. The van der Waals surface area contributed by atoms with Crippen LogP contribution in [-0.2, 0) is 14.4 Å². The van der Waals surface area contributed by atoms with Crippen molar-refractivity contribution in [3.8, 4) is 0 Å². The Labute approximate surface area is 106 Å². The molecule has 0 aromatic carbocycles. The molecule has 0 aliphatic heterocycles. The number of hydrogen-bond donors (Lipinski definition) is 3. The molecule has 0 unspecified atom stereocenters. The van der Waals surface area contributed by atoms with Gasteiger partial charge < -0.3 is 15.7 Å². The van der Waals surface area contributed by atoms with Crippen molar-refractivity contribution in [3.05, 3.63) is 0 Å². The first-order chi connectivity index (χ1) is 8.50. The van der Waals surface area contributed by atoms with Crippen LogP contribution in [0.25, 0.3) is 0 Å². The summed E-state index contributed by atoms with van der Waals surface area (Å²) < 4.78 is 0. The molecule has 0 atom stereocenters. The number of nitrogens with one attached hydrogen (secondary N) is 2. The van der Waals surface area contributed by atoms with E-state index in [9.17, 15) is 19.5 Å². The van der Waals surface area contributed by atoms with Crippen LogP contribution in [0.2, 0.25) is 0 Å². The molecule has 3 N–H and O–H groups in total. The second kappa shape index (κ2) is 6.37. The molecule has 1 rings (SSSR count). The minimum absolute atomic E-state index is 0.0423. The molecule has 0 radical (unpaired) electrons.